The van der Waals surface area contributed by atoms with E-state index in [-0.39, 0.29) is 34.9 Å². The highest BCUT2D eigenvalue weighted by molar-refractivity contribution is 7.89. The van der Waals surface area contributed by atoms with E-state index in [4.69, 9.17) is 25.9 Å². The number of anilines is 1. The van der Waals surface area contributed by atoms with Crippen molar-refractivity contribution in [3.63, 3.8) is 0 Å². The largest absolute Gasteiger partial charge is 0.469 e. The van der Waals surface area contributed by atoms with E-state index in [1.165, 1.54) is 7.11 Å². The van der Waals surface area contributed by atoms with Crippen molar-refractivity contribution in [1.29, 1.82) is 5.41 Å². The minimum Gasteiger partial charge on any atom is -0.469 e. The highest BCUT2D eigenvalue weighted by Gasteiger charge is 2.65. The maximum Gasteiger partial charge on any atom is 0.312 e. The van der Waals surface area contributed by atoms with Crippen molar-refractivity contribution in [1.82, 2.24) is 5.06 Å². The van der Waals surface area contributed by atoms with Crippen LogP contribution in [-0.4, -0.2) is 51.0 Å². The molecule has 6 N–H and O–H groups in total. The Labute approximate surface area is 231 Å². The van der Waals surface area contributed by atoms with E-state index in [9.17, 15) is 18.0 Å². The van der Waals surface area contributed by atoms with Crippen LogP contribution in [0.4, 0.5) is 5.69 Å². The van der Waals surface area contributed by atoms with Crippen LogP contribution in [0.1, 0.15) is 23.1 Å². The fourth-order valence-corrected chi connectivity index (χ4v) is 6.65. The highest BCUT2D eigenvalue weighted by Crippen LogP contribution is 2.54. The zero-order chi connectivity index (χ0) is 28.8. The Balaban J connectivity index is 1.47. The van der Waals surface area contributed by atoms with Crippen molar-refractivity contribution < 1.29 is 27.6 Å². The number of amidine groups is 1. The second-order valence-corrected chi connectivity index (χ2v) is 11.4. The first kappa shape index (κ1) is 27.5. The molecule has 0 spiro atoms. The smallest absolute Gasteiger partial charge is 0.312 e. The lowest BCUT2D eigenvalue weighted by Crippen LogP contribution is -2.63. The Hall–Kier alpha value is -4.10. The first-order valence-corrected chi connectivity index (χ1v) is 14.0. The number of fused-ring (bicyclic) bond motifs is 1. The third-order valence-corrected chi connectivity index (χ3v) is 8.70. The molecule has 3 aromatic carbocycles. The number of esters is 1. The summed E-state index contributed by atoms with van der Waals surface area (Å²) >= 11 is 0. The van der Waals surface area contributed by atoms with Gasteiger partial charge in [-0.2, -0.15) is 5.06 Å². The van der Waals surface area contributed by atoms with Crippen molar-refractivity contribution in [3.05, 3.63) is 83.4 Å². The number of rotatable bonds is 7. The molecule has 3 atom stereocenters. The molecule has 11 nitrogen and oxygen atoms in total. The van der Waals surface area contributed by atoms with Gasteiger partial charge in [0, 0.05) is 29.8 Å². The minimum absolute atomic E-state index is 0.0871. The van der Waals surface area contributed by atoms with Crippen molar-refractivity contribution in [2.45, 2.75) is 29.9 Å². The van der Waals surface area contributed by atoms with E-state index in [1.807, 2.05) is 6.07 Å². The summed E-state index contributed by atoms with van der Waals surface area (Å²) in [4.78, 5) is 32.1. The summed E-state index contributed by atoms with van der Waals surface area (Å²) in [5.74, 6) is -1.71. The van der Waals surface area contributed by atoms with E-state index in [1.54, 1.807) is 72.7 Å². The van der Waals surface area contributed by atoms with E-state index >= 15 is 0 Å². The number of nitrogens with zero attached hydrogens (tertiary/aromatic N) is 1. The molecule has 0 saturated carbocycles. The molecule has 2 aliphatic rings. The number of ether oxygens (including phenoxy) is 1. The number of carbonyl (C=O) groups is 2. The molecule has 3 unspecified atom stereocenters. The highest BCUT2D eigenvalue weighted by atomic mass is 32.2. The first-order chi connectivity index (χ1) is 19.0. The van der Waals surface area contributed by atoms with Crippen molar-refractivity contribution in [3.8, 4) is 11.1 Å². The molecule has 0 aliphatic carbocycles. The number of hydrogen-bond acceptors (Lipinski definition) is 8. The molecule has 2 aliphatic heterocycles. The van der Waals surface area contributed by atoms with Crippen molar-refractivity contribution in [2.75, 3.05) is 19.0 Å². The van der Waals surface area contributed by atoms with E-state index < -0.39 is 39.5 Å². The van der Waals surface area contributed by atoms with Crippen LogP contribution < -0.4 is 16.2 Å². The average Bonchev–Trinajstić information content (AvgIpc) is 3.22. The Morgan fingerprint density at radius 3 is 2.50 bits per heavy atom. The summed E-state index contributed by atoms with van der Waals surface area (Å²) in [6, 6.07) is 19.1. The van der Waals surface area contributed by atoms with Crippen LogP contribution in [0.25, 0.3) is 11.1 Å². The number of methoxy groups -OCH3 is 1. The fourth-order valence-electron chi connectivity index (χ4n) is 5.62. The van der Waals surface area contributed by atoms with Crippen LogP contribution in [0.15, 0.2) is 71.6 Å². The molecule has 208 valence electrons. The number of primary sulfonamides is 1. The van der Waals surface area contributed by atoms with Gasteiger partial charge >= 0.3 is 5.97 Å². The number of nitrogen functional groups attached to an aromatic ring is 1. The summed E-state index contributed by atoms with van der Waals surface area (Å²) in [5, 5.41) is 17.8. The van der Waals surface area contributed by atoms with Gasteiger partial charge in [-0.25, -0.2) is 13.6 Å². The molecule has 40 heavy (non-hydrogen) atoms. The fraction of sp³-hybridized carbons (Fsp3) is 0.250. The average molecular weight is 564 g/mol. The van der Waals surface area contributed by atoms with Gasteiger partial charge in [-0.05, 0) is 35.7 Å². The number of nitrogens with one attached hydrogen (secondary N) is 2. The number of nitrogens with two attached hydrogens (primary N) is 2. The second kappa shape index (κ2) is 10.1. The van der Waals surface area contributed by atoms with Gasteiger partial charge < -0.3 is 15.8 Å². The van der Waals surface area contributed by atoms with Crippen LogP contribution in [0.3, 0.4) is 0 Å². The van der Waals surface area contributed by atoms with Crippen LogP contribution in [0, 0.1) is 18.3 Å². The number of sulfonamides is 1. The van der Waals surface area contributed by atoms with Crippen molar-refractivity contribution in [2.24, 2.45) is 16.8 Å². The zero-order valence-corrected chi connectivity index (χ0v) is 22.7. The third-order valence-electron chi connectivity index (χ3n) is 7.61. The number of hydrogen-bond donors (Lipinski definition) is 4. The first-order valence-electron chi connectivity index (χ1n) is 12.5. The molecule has 2 heterocycles. The molecule has 1 amide bonds. The monoisotopic (exact) mass is 563 g/mol. The Morgan fingerprint density at radius 2 is 1.85 bits per heavy atom. The van der Waals surface area contributed by atoms with Crippen LogP contribution in [-0.2, 0) is 34.7 Å². The predicted molar refractivity (Wildman–Crippen MR) is 147 cm³/mol. The standard InChI is InChI=1S/C28H29N5O6S/c1-16-22(12-11-20(24(16)40(31,36)37)17-7-4-3-5-8-17)32-26(34)23-14-28(19-10-6-9-18(13-19)25(29)30)21(27(35)38-2)15-33(28)39-23/h3-13,21,23H,14-15H2,1-2H3,(H3,29,30)(H,32,34)(H2,31,36,37). The third kappa shape index (κ3) is 4.54. The molecular weight excluding hydrogens is 534 g/mol. The number of hydroxylamine groups is 2. The lowest BCUT2D eigenvalue weighted by molar-refractivity contribution is -0.265. The number of carbonyl (C=O) groups excluding carboxylic acids is 2. The topological polar surface area (TPSA) is 178 Å². The number of benzene rings is 3. The molecule has 2 saturated heterocycles. The van der Waals surface area contributed by atoms with Crippen LogP contribution >= 0.6 is 0 Å². The zero-order valence-electron chi connectivity index (χ0n) is 21.9. The number of amides is 1. The SMILES string of the molecule is COC(=O)C1CN2OC(C(=O)Nc3ccc(-c4ccccc4)c(S(N)(=O)=O)c3C)CC12c1cccc(C(=N)N)c1. The minimum atomic E-state index is -4.14. The molecule has 12 heteroatoms. The molecule has 2 fully saturated rings. The van der Waals surface area contributed by atoms with E-state index in [2.05, 4.69) is 5.32 Å². The lowest BCUT2D eigenvalue weighted by Gasteiger charge is -2.51. The molecule has 0 radical (unpaired) electrons. The molecule has 5 rings (SSSR count). The van der Waals surface area contributed by atoms with Gasteiger partial charge in [-0.1, -0.05) is 54.6 Å². The van der Waals surface area contributed by atoms with Gasteiger partial charge in [0.15, 0.2) is 6.10 Å². The van der Waals surface area contributed by atoms with Gasteiger partial charge in [0.25, 0.3) is 5.91 Å². The maximum atomic E-state index is 13.5. The molecule has 0 bridgehead atoms. The van der Waals surface area contributed by atoms with Crippen LogP contribution in [0.5, 0.6) is 0 Å². The van der Waals surface area contributed by atoms with E-state index in [0.717, 1.165) is 0 Å². The summed E-state index contributed by atoms with van der Waals surface area (Å²) in [5.41, 5.74) is 7.47. The van der Waals surface area contributed by atoms with Gasteiger partial charge in [0.2, 0.25) is 10.0 Å². The Bertz CT molecular complexity index is 1630. The summed E-state index contributed by atoms with van der Waals surface area (Å²) in [6.07, 6.45) is -0.884. The maximum absolute atomic E-state index is 13.5. The summed E-state index contributed by atoms with van der Waals surface area (Å²) in [6.45, 7) is 1.79. The summed E-state index contributed by atoms with van der Waals surface area (Å²) < 4.78 is 30.2. The quantitative estimate of drug-likeness (QED) is 0.192. The van der Waals surface area contributed by atoms with Gasteiger partial charge in [-0.15, -0.1) is 0 Å². The normalized spacial score (nSPS) is 22.2. The lowest BCUT2D eigenvalue weighted by atomic mass is 9.68. The van der Waals surface area contributed by atoms with Gasteiger partial charge in [0.05, 0.1) is 23.5 Å². The van der Waals surface area contributed by atoms with E-state index in [0.29, 0.717) is 22.3 Å². The van der Waals surface area contributed by atoms with Gasteiger partial charge in [-0.3, -0.25) is 19.8 Å². The predicted octanol–water partition coefficient (Wildman–Crippen LogP) is 2.24. The summed E-state index contributed by atoms with van der Waals surface area (Å²) in [7, 11) is -2.84. The molecule has 3 aromatic rings. The van der Waals surface area contributed by atoms with Gasteiger partial charge in [0.1, 0.15) is 5.84 Å². The van der Waals surface area contributed by atoms with Crippen molar-refractivity contribution >= 4 is 33.4 Å². The second-order valence-electron chi connectivity index (χ2n) is 9.87. The Kier molecular flexibility index (Phi) is 6.96. The Morgan fingerprint density at radius 1 is 1.12 bits per heavy atom. The van der Waals surface area contributed by atoms with Crippen LogP contribution in [0.2, 0.25) is 0 Å². The molecular formula is C28H29N5O6S. The molecule has 0 aromatic heterocycles.